The molecule has 2 aromatic heterocycles. The van der Waals surface area contributed by atoms with Gasteiger partial charge in [-0.3, -0.25) is 0 Å². The molecule has 7 nitrogen and oxygen atoms in total. The summed E-state index contributed by atoms with van der Waals surface area (Å²) in [5, 5.41) is 0. The molecule has 0 radical (unpaired) electrons. The van der Waals surface area contributed by atoms with Gasteiger partial charge in [-0.1, -0.05) is 27.7 Å². The minimum absolute atomic E-state index is 0.635. The molecule has 0 saturated heterocycles. The normalized spacial score (nSPS) is 11.1. The lowest BCUT2D eigenvalue weighted by Gasteiger charge is -2.11. The minimum atomic E-state index is 0.635. The Balaban J connectivity index is 0.000000384. The summed E-state index contributed by atoms with van der Waals surface area (Å²) in [6, 6.07) is 3.79. The molecule has 0 spiro atoms. The van der Waals surface area contributed by atoms with E-state index in [0.717, 1.165) is 45.4 Å². The van der Waals surface area contributed by atoms with Crippen LogP contribution in [0.1, 0.15) is 71.7 Å². The van der Waals surface area contributed by atoms with Crippen molar-refractivity contribution >= 4 is 49.6 Å². The maximum absolute atomic E-state index is 5.75. The summed E-state index contributed by atoms with van der Waals surface area (Å²) in [5.74, 6) is 2.71. The van der Waals surface area contributed by atoms with E-state index in [1.807, 2.05) is 44.3 Å². The summed E-state index contributed by atoms with van der Waals surface area (Å²) < 4.78 is 13.0. The summed E-state index contributed by atoms with van der Waals surface area (Å²) in [4.78, 5) is 15.3. The van der Waals surface area contributed by atoms with Crippen molar-refractivity contribution < 1.29 is 9.47 Å². The van der Waals surface area contributed by atoms with Gasteiger partial charge in [-0.2, -0.15) is 0 Å². The van der Waals surface area contributed by atoms with Crippen LogP contribution in [0.5, 0.6) is 11.8 Å². The van der Waals surface area contributed by atoms with Crippen molar-refractivity contribution in [2.24, 2.45) is 16.8 Å². The molecule has 37 heavy (non-hydrogen) atoms. The lowest BCUT2D eigenvalue weighted by Crippen LogP contribution is -2.14. The van der Waals surface area contributed by atoms with E-state index in [-0.39, 0.29) is 0 Å². The lowest BCUT2D eigenvalue weighted by atomic mass is 10.1. The van der Waals surface area contributed by atoms with Gasteiger partial charge in [0.2, 0.25) is 11.8 Å². The standard InChI is InChI=1S/C16H26BrN3O.C12H19BrN2O/c1-6-20(5)11-18-15-10-14(17)16(19-13(15)4)21-9-7-8-12(2)3;1-8(2)5-4-6-16-12-10(13)7-11(14)9(3)15-12/h10-12H,6-9H2,1-5H3;7-8H,4-6,14H2,1-3H3. The van der Waals surface area contributed by atoms with E-state index in [2.05, 4.69) is 81.4 Å². The third kappa shape index (κ3) is 13.5. The predicted octanol–water partition coefficient (Wildman–Crippen LogP) is 8.13. The third-order valence-corrected chi connectivity index (χ3v) is 6.64. The maximum atomic E-state index is 5.75. The number of anilines is 1. The van der Waals surface area contributed by atoms with Crippen molar-refractivity contribution in [3.8, 4) is 11.8 Å². The van der Waals surface area contributed by atoms with Crippen LogP contribution in [0.4, 0.5) is 11.4 Å². The highest BCUT2D eigenvalue weighted by molar-refractivity contribution is 9.10. The Hall–Kier alpha value is -1.87. The number of aromatic nitrogens is 2. The van der Waals surface area contributed by atoms with Crippen molar-refractivity contribution in [1.82, 2.24) is 14.9 Å². The second-order valence-electron chi connectivity index (χ2n) is 9.92. The van der Waals surface area contributed by atoms with Gasteiger partial charge in [-0.25, -0.2) is 15.0 Å². The molecule has 0 aliphatic carbocycles. The summed E-state index contributed by atoms with van der Waals surface area (Å²) in [6.07, 6.45) is 6.26. The topological polar surface area (TPSA) is 85.9 Å². The lowest BCUT2D eigenvalue weighted by molar-refractivity contribution is 0.285. The number of halogens is 2. The quantitative estimate of drug-likeness (QED) is 0.135. The van der Waals surface area contributed by atoms with Crippen LogP contribution in [0, 0.1) is 25.7 Å². The number of pyridine rings is 2. The van der Waals surface area contributed by atoms with Crippen LogP contribution in [-0.4, -0.2) is 48.0 Å². The molecule has 2 N–H and O–H groups in total. The van der Waals surface area contributed by atoms with Gasteiger partial charge in [0.25, 0.3) is 0 Å². The minimum Gasteiger partial charge on any atom is -0.477 e. The largest absolute Gasteiger partial charge is 0.477 e. The first kappa shape index (κ1) is 33.2. The Bertz CT molecular complexity index is 984. The first-order chi connectivity index (χ1) is 17.4. The molecule has 0 aliphatic heterocycles. The summed E-state index contributed by atoms with van der Waals surface area (Å²) in [7, 11) is 1.99. The van der Waals surface area contributed by atoms with Crippen LogP contribution >= 0.6 is 31.9 Å². The molecule has 0 aliphatic rings. The molecule has 0 amide bonds. The van der Waals surface area contributed by atoms with Crippen LogP contribution in [0.25, 0.3) is 0 Å². The molecule has 0 aromatic carbocycles. The molecule has 2 rings (SSSR count). The molecule has 0 saturated carbocycles. The van der Waals surface area contributed by atoms with Crippen molar-refractivity contribution in [2.75, 3.05) is 32.5 Å². The zero-order valence-electron chi connectivity index (χ0n) is 23.8. The zero-order valence-corrected chi connectivity index (χ0v) is 26.9. The van der Waals surface area contributed by atoms with E-state index < -0.39 is 0 Å². The van der Waals surface area contributed by atoms with Gasteiger partial charge < -0.3 is 20.1 Å². The smallest absolute Gasteiger partial charge is 0.228 e. The number of aliphatic imine (C=N–C) groups is 1. The van der Waals surface area contributed by atoms with Crippen molar-refractivity contribution in [1.29, 1.82) is 0 Å². The van der Waals surface area contributed by atoms with E-state index in [9.17, 15) is 0 Å². The van der Waals surface area contributed by atoms with Crippen molar-refractivity contribution in [2.45, 2.75) is 74.1 Å². The first-order valence-corrected chi connectivity index (χ1v) is 14.6. The van der Waals surface area contributed by atoms with Gasteiger partial charge in [0, 0.05) is 13.6 Å². The second-order valence-corrected chi connectivity index (χ2v) is 11.6. The van der Waals surface area contributed by atoms with Crippen molar-refractivity contribution in [3.63, 3.8) is 0 Å². The van der Waals surface area contributed by atoms with Crippen LogP contribution in [0.3, 0.4) is 0 Å². The number of rotatable bonds is 13. The molecule has 0 bridgehead atoms. The highest BCUT2D eigenvalue weighted by Crippen LogP contribution is 2.30. The molecular formula is C28H45Br2N5O2. The summed E-state index contributed by atoms with van der Waals surface area (Å²) >= 11 is 6.91. The zero-order chi connectivity index (χ0) is 28.0. The molecule has 9 heteroatoms. The van der Waals surface area contributed by atoms with Gasteiger partial charge in [0.1, 0.15) is 0 Å². The number of nitrogen functional groups attached to an aromatic ring is 1. The number of aryl methyl sites for hydroxylation is 2. The Labute approximate surface area is 240 Å². The second kappa shape index (κ2) is 17.6. The molecular weight excluding hydrogens is 598 g/mol. The average Bonchev–Trinajstić information content (AvgIpc) is 2.83. The van der Waals surface area contributed by atoms with Gasteiger partial charge in [0.15, 0.2) is 0 Å². The fraction of sp³-hybridized carbons (Fsp3) is 0.607. The van der Waals surface area contributed by atoms with Gasteiger partial charge in [-0.15, -0.1) is 0 Å². The fourth-order valence-electron chi connectivity index (χ4n) is 3.02. The van der Waals surface area contributed by atoms with Gasteiger partial charge >= 0.3 is 0 Å². The maximum Gasteiger partial charge on any atom is 0.228 e. The van der Waals surface area contributed by atoms with Crippen LogP contribution in [-0.2, 0) is 0 Å². The van der Waals surface area contributed by atoms with Crippen LogP contribution in [0.15, 0.2) is 26.1 Å². The number of hydrogen-bond donors (Lipinski definition) is 1. The highest BCUT2D eigenvalue weighted by atomic mass is 79.9. The third-order valence-electron chi connectivity index (χ3n) is 5.50. The van der Waals surface area contributed by atoms with E-state index in [1.54, 1.807) is 0 Å². The fourth-order valence-corrected chi connectivity index (χ4v) is 3.89. The molecule has 208 valence electrons. The molecule has 2 heterocycles. The number of nitrogens with zero attached hydrogens (tertiary/aromatic N) is 4. The van der Waals surface area contributed by atoms with Gasteiger partial charge in [-0.05, 0) is 102 Å². The number of hydrogen-bond acceptors (Lipinski definition) is 6. The number of nitrogens with two attached hydrogens (primary N) is 1. The average molecular weight is 644 g/mol. The van der Waals surface area contributed by atoms with E-state index >= 15 is 0 Å². The van der Waals surface area contributed by atoms with Crippen molar-refractivity contribution in [3.05, 3.63) is 32.5 Å². The SMILES string of the molecule is CCN(C)C=Nc1cc(Br)c(OCCCC(C)C)nc1C.Cc1nc(OCCCC(C)C)c(Br)cc1N. The Kier molecular flexibility index (Phi) is 15.8. The molecule has 0 fully saturated rings. The molecule has 0 unspecified atom stereocenters. The van der Waals surface area contributed by atoms with Gasteiger partial charge in [0.05, 0.1) is 51.3 Å². The summed E-state index contributed by atoms with van der Waals surface area (Å²) in [6.45, 7) is 17.1. The van der Waals surface area contributed by atoms with Crippen LogP contribution in [0.2, 0.25) is 0 Å². The Morgan fingerprint density at radius 3 is 1.89 bits per heavy atom. The Morgan fingerprint density at radius 1 is 0.919 bits per heavy atom. The molecule has 0 atom stereocenters. The van der Waals surface area contributed by atoms with E-state index in [1.165, 1.54) is 12.8 Å². The summed E-state index contributed by atoms with van der Waals surface area (Å²) in [5.41, 5.74) is 8.96. The molecule has 2 aromatic rings. The van der Waals surface area contributed by atoms with E-state index in [0.29, 0.717) is 42.5 Å². The predicted molar refractivity (Wildman–Crippen MR) is 163 cm³/mol. The van der Waals surface area contributed by atoms with Crippen LogP contribution < -0.4 is 15.2 Å². The highest BCUT2D eigenvalue weighted by Gasteiger charge is 2.09. The monoisotopic (exact) mass is 641 g/mol. The number of ether oxygens (including phenoxy) is 2. The van der Waals surface area contributed by atoms with E-state index in [4.69, 9.17) is 15.2 Å². The first-order valence-electron chi connectivity index (χ1n) is 13.0. The Morgan fingerprint density at radius 2 is 1.41 bits per heavy atom.